The molecule has 2 aromatic carbocycles. The Hall–Kier alpha value is -2.53. The summed E-state index contributed by atoms with van der Waals surface area (Å²) in [6, 6.07) is 14.2. The lowest BCUT2D eigenvalue weighted by molar-refractivity contribution is -0.137. The molecule has 0 bridgehead atoms. The van der Waals surface area contributed by atoms with Crippen LogP contribution in [0.3, 0.4) is 0 Å². The molecule has 0 aliphatic carbocycles. The average molecular weight is 360 g/mol. The lowest BCUT2D eigenvalue weighted by atomic mass is 10.0. The van der Waals surface area contributed by atoms with E-state index in [9.17, 15) is 9.59 Å². The molecule has 1 aliphatic heterocycles. The molecule has 6 heteroatoms. The number of halogens is 1. The number of amides is 1. The molecule has 1 heterocycles. The molecule has 2 unspecified atom stereocenters. The number of carbonyl (C=O) groups is 2. The molecule has 0 radical (unpaired) electrons. The van der Waals surface area contributed by atoms with Gasteiger partial charge in [0.05, 0.1) is 6.04 Å². The van der Waals surface area contributed by atoms with Crippen molar-refractivity contribution in [2.75, 3.05) is 0 Å². The minimum atomic E-state index is -0.894. The molecule has 25 heavy (non-hydrogen) atoms. The van der Waals surface area contributed by atoms with Crippen LogP contribution >= 0.6 is 11.6 Å². The third kappa shape index (κ3) is 4.31. The van der Waals surface area contributed by atoms with Crippen molar-refractivity contribution in [1.29, 1.82) is 0 Å². The van der Waals surface area contributed by atoms with Gasteiger partial charge in [-0.05, 0) is 35.7 Å². The van der Waals surface area contributed by atoms with Crippen molar-refractivity contribution in [1.82, 2.24) is 5.32 Å². The Labute approximate surface area is 150 Å². The average Bonchev–Trinajstić information content (AvgIpc) is 3.02. The molecular weight excluding hydrogens is 342 g/mol. The number of hydrogen-bond donors (Lipinski definition) is 2. The molecular formula is C19H18ClNO4. The van der Waals surface area contributed by atoms with Crippen molar-refractivity contribution < 1.29 is 19.4 Å². The van der Waals surface area contributed by atoms with E-state index in [2.05, 4.69) is 5.32 Å². The number of hydrogen-bond acceptors (Lipinski definition) is 3. The first-order chi connectivity index (χ1) is 12.0. The van der Waals surface area contributed by atoms with Crippen LogP contribution in [-0.2, 0) is 16.0 Å². The van der Waals surface area contributed by atoms with Crippen LogP contribution in [0.4, 0.5) is 0 Å². The van der Waals surface area contributed by atoms with Crippen LogP contribution in [0.2, 0.25) is 5.02 Å². The Morgan fingerprint density at radius 3 is 2.72 bits per heavy atom. The predicted octanol–water partition coefficient (Wildman–Crippen LogP) is 3.37. The summed E-state index contributed by atoms with van der Waals surface area (Å²) in [6.45, 7) is 0. The van der Waals surface area contributed by atoms with Crippen LogP contribution in [-0.4, -0.2) is 23.1 Å². The first kappa shape index (κ1) is 17.3. The van der Waals surface area contributed by atoms with E-state index >= 15 is 0 Å². The highest BCUT2D eigenvalue weighted by Gasteiger charge is 2.30. The largest absolute Gasteiger partial charge is 0.481 e. The standard InChI is InChI=1S/C19H18ClNO4/c20-14-6-8-16-13(10-14)11-17(25-16)19(24)21-15(7-9-18(22)23)12-4-2-1-3-5-12/h1-6,8,10,15,17H,7,9,11H2,(H,21,24)(H,22,23). The Balaban J connectivity index is 1.69. The summed E-state index contributed by atoms with van der Waals surface area (Å²) in [5.74, 6) is -0.493. The molecule has 1 amide bonds. The predicted molar refractivity (Wildman–Crippen MR) is 93.8 cm³/mol. The zero-order chi connectivity index (χ0) is 17.8. The van der Waals surface area contributed by atoms with Gasteiger partial charge >= 0.3 is 5.97 Å². The first-order valence-corrected chi connectivity index (χ1v) is 8.43. The molecule has 2 aromatic rings. The molecule has 0 saturated heterocycles. The lowest BCUT2D eigenvalue weighted by Gasteiger charge is -2.20. The van der Waals surface area contributed by atoms with Gasteiger partial charge in [0.15, 0.2) is 6.10 Å². The fraction of sp³-hybridized carbons (Fsp3) is 0.263. The fourth-order valence-corrected chi connectivity index (χ4v) is 3.10. The summed E-state index contributed by atoms with van der Waals surface area (Å²) in [4.78, 5) is 23.5. The number of carbonyl (C=O) groups excluding carboxylic acids is 1. The number of carboxylic acid groups (broad SMARTS) is 1. The summed E-state index contributed by atoms with van der Waals surface area (Å²) in [5.41, 5.74) is 1.77. The van der Waals surface area contributed by atoms with Crippen molar-refractivity contribution in [3.05, 3.63) is 64.7 Å². The smallest absolute Gasteiger partial charge is 0.303 e. The van der Waals surface area contributed by atoms with Crippen molar-refractivity contribution >= 4 is 23.5 Å². The highest BCUT2D eigenvalue weighted by atomic mass is 35.5. The minimum absolute atomic E-state index is 0.0266. The fourth-order valence-electron chi connectivity index (χ4n) is 2.90. The summed E-state index contributed by atoms with van der Waals surface area (Å²) in [6.07, 6.45) is 0.101. The number of ether oxygens (including phenoxy) is 1. The topological polar surface area (TPSA) is 75.6 Å². The maximum absolute atomic E-state index is 12.6. The number of benzene rings is 2. The van der Waals surface area contributed by atoms with Crippen LogP contribution in [0.5, 0.6) is 5.75 Å². The lowest BCUT2D eigenvalue weighted by Crippen LogP contribution is -2.39. The molecule has 0 fully saturated rings. The van der Waals surface area contributed by atoms with Gasteiger partial charge in [-0.3, -0.25) is 9.59 Å². The van der Waals surface area contributed by atoms with Gasteiger partial charge in [0.2, 0.25) is 0 Å². The SMILES string of the molecule is O=C(O)CCC(NC(=O)C1Cc2cc(Cl)ccc2O1)c1ccccc1. The number of aliphatic carboxylic acids is 1. The molecule has 3 rings (SSSR count). The van der Waals surface area contributed by atoms with E-state index in [4.69, 9.17) is 21.4 Å². The quantitative estimate of drug-likeness (QED) is 0.829. The van der Waals surface area contributed by atoms with E-state index in [1.807, 2.05) is 30.3 Å². The molecule has 130 valence electrons. The Morgan fingerprint density at radius 2 is 2.00 bits per heavy atom. The zero-order valence-electron chi connectivity index (χ0n) is 13.4. The Morgan fingerprint density at radius 1 is 1.24 bits per heavy atom. The van der Waals surface area contributed by atoms with Crippen molar-refractivity contribution in [2.24, 2.45) is 0 Å². The molecule has 2 N–H and O–H groups in total. The maximum Gasteiger partial charge on any atom is 0.303 e. The second-order valence-electron chi connectivity index (χ2n) is 5.97. The summed E-state index contributed by atoms with van der Waals surface area (Å²) in [7, 11) is 0. The van der Waals surface area contributed by atoms with Gasteiger partial charge < -0.3 is 15.2 Å². The van der Waals surface area contributed by atoms with Crippen molar-refractivity contribution in [2.45, 2.75) is 31.4 Å². The Kier molecular flexibility index (Phi) is 5.24. The van der Waals surface area contributed by atoms with E-state index in [-0.39, 0.29) is 18.4 Å². The molecule has 0 saturated carbocycles. The van der Waals surface area contributed by atoms with E-state index in [0.717, 1.165) is 11.1 Å². The second kappa shape index (κ2) is 7.57. The monoisotopic (exact) mass is 359 g/mol. The van der Waals surface area contributed by atoms with Crippen LogP contribution < -0.4 is 10.1 Å². The van der Waals surface area contributed by atoms with Crippen molar-refractivity contribution in [3.63, 3.8) is 0 Å². The van der Waals surface area contributed by atoms with Crippen LogP contribution in [0.1, 0.15) is 30.0 Å². The van der Waals surface area contributed by atoms with Gasteiger partial charge in [-0.15, -0.1) is 0 Å². The zero-order valence-corrected chi connectivity index (χ0v) is 14.2. The van der Waals surface area contributed by atoms with Gasteiger partial charge in [0.1, 0.15) is 5.75 Å². The normalized spacial score (nSPS) is 16.6. The third-order valence-corrected chi connectivity index (χ3v) is 4.39. The summed E-state index contributed by atoms with van der Waals surface area (Å²) in [5, 5.41) is 12.5. The molecule has 5 nitrogen and oxygen atoms in total. The molecule has 1 aliphatic rings. The van der Waals surface area contributed by atoms with E-state index in [1.54, 1.807) is 18.2 Å². The van der Waals surface area contributed by atoms with Gasteiger partial charge in [-0.1, -0.05) is 41.9 Å². The van der Waals surface area contributed by atoms with Gasteiger partial charge in [0.25, 0.3) is 5.91 Å². The van der Waals surface area contributed by atoms with Crippen LogP contribution in [0, 0.1) is 0 Å². The van der Waals surface area contributed by atoms with E-state index in [1.165, 1.54) is 0 Å². The number of nitrogens with one attached hydrogen (secondary N) is 1. The number of rotatable bonds is 6. The number of fused-ring (bicyclic) bond motifs is 1. The van der Waals surface area contributed by atoms with Crippen LogP contribution in [0.15, 0.2) is 48.5 Å². The molecule has 0 spiro atoms. The summed E-state index contributed by atoms with van der Waals surface area (Å²) >= 11 is 5.97. The minimum Gasteiger partial charge on any atom is -0.481 e. The van der Waals surface area contributed by atoms with Crippen LogP contribution in [0.25, 0.3) is 0 Å². The first-order valence-electron chi connectivity index (χ1n) is 8.05. The molecule has 0 aromatic heterocycles. The van der Waals surface area contributed by atoms with Crippen molar-refractivity contribution in [3.8, 4) is 5.75 Å². The van der Waals surface area contributed by atoms with Gasteiger partial charge in [-0.25, -0.2) is 0 Å². The summed E-state index contributed by atoms with van der Waals surface area (Å²) < 4.78 is 5.70. The van der Waals surface area contributed by atoms with Gasteiger partial charge in [0, 0.05) is 17.9 Å². The van der Waals surface area contributed by atoms with E-state index < -0.39 is 12.1 Å². The number of carboxylic acids is 1. The van der Waals surface area contributed by atoms with E-state index in [0.29, 0.717) is 23.6 Å². The maximum atomic E-state index is 12.6. The third-order valence-electron chi connectivity index (χ3n) is 4.15. The molecule has 2 atom stereocenters. The highest BCUT2D eigenvalue weighted by Crippen LogP contribution is 2.31. The highest BCUT2D eigenvalue weighted by molar-refractivity contribution is 6.30. The van der Waals surface area contributed by atoms with Gasteiger partial charge in [-0.2, -0.15) is 0 Å². The second-order valence-corrected chi connectivity index (χ2v) is 6.40. The Bertz CT molecular complexity index is 778.